The molecule has 1 aromatic heterocycles. The van der Waals surface area contributed by atoms with Gasteiger partial charge < -0.3 is 9.88 Å². The number of aromatic amines is 1. The molecular formula is C23H21ClN4O4. The number of hydrogen-bond acceptors (Lipinski definition) is 5. The molecule has 164 valence electrons. The maximum atomic E-state index is 12.9. The Labute approximate surface area is 188 Å². The number of carbonyl (C=O) groups is 3. The van der Waals surface area contributed by atoms with Gasteiger partial charge in [0.1, 0.15) is 5.82 Å². The summed E-state index contributed by atoms with van der Waals surface area (Å²) in [5.41, 5.74) is 0.849. The first kappa shape index (κ1) is 21.7. The lowest BCUT2D eigenvalue weighted by Crippen LogP contribution is -2.37. The molecular weight excluding hydrogens is 432 g/mol. The Kier molecular flexibility index (Phi) is 6.05. The topological polar surface area (TPSA) is 103 Å². The van der Waals surface area contributed by atoms with Gasteiger partial charge in [0, 0.05) is 24.5 Å². The van der Waals surface area contributed by atoms with Crippen LogP contribution in [0.15, 0.2) is 47.3 Å². The summed E-state index contributed by atoms with van der Waals surface area (Å²) < 4.78 is 0. The van der Waals surface area contributed by atoms with E-state index in [-0.39, 0.29) is 31.0 Å². The summed E-state index contributed by atoms with van der Waals surface area (Å²) in [5.74, 6) is -0.680. The van der Waals surface area contributed by atoms with E-state index in [9.17, 15) is 19.2 Å². The molecule has 0 saturated carbocycles. The fourth-order valence-electron chi connectivity index (χ4n) is 3.79. The molecule has 0 atom stereocenters. The van der Waals surface area contributed by atoms with E-state index in [1.165, 1.54) is 0 Å². The Morgan fingerprint density at radius 2 is 1.78 bits per heavy atom. The van der Waals surface area contributed by atoms with Crippen LogP contribution in [0.25, 0.3) is 10.9 Å². The molecule has 0 radical (unpaired) electrons. The molecule has 0 bridgehead atoms. The number of nitrogens with zero attached hydrogens (tertiary/aromatic N) is 3. The van der Waals surface area contributed by atoms with Crippen LogP contribution in [0.3, 0.4) is 0 Å². The maximum Gasteiger partial charge on any atom is 0.261 e. The van der Waals surface area contributed by atoms with Gasteiger partial charge in [0.2, 0.25) is 5.91 Å². The molecule has 8 nitrogen and oxygen atoms in total. The average molecular weight is 453 g/mol. The Morgan fingerprint density at radius 3 is 2.44 bits per heavy atom. The second kappa shape index (κ2) is 8.92. The third-order valence-electron chi connectivity index (χ3n) is 5.33. The zero-order valence-electron chi connectivity index (χ0n) is 17.4. The Morgan fingerprint density at radius 1 is 1.09 bits per heavy atom. The zero-order chi connectivity index (χ0) is 22.8. The summed E-state index contributed by atoms with van der Waals surface area (Å²) in [4.78, 5) is 60.1. The number of H-pyrrole nitrogens is 1. The summed E-state index contributed by atoms with van der Waals surface area (Å²) in [6.45, 7) is 2.47. The number of carbonyl (C=O) groups excluding carboxylic acids is 3. The fourth-order valence-corrected chi connectivity index (χ4v) is 3.95. The lowest BCUT2D eigenvalue weighted by molar-refractivity contribution is -0.132. The number of nitrogens with one attached hydrogen (secondary N) is 1. The summed E-state index contributed by atoms with van der Waals surface area (Å²) in [5, 5.41) is 0.876. The molecule has 2 heterocycles. The number of imide groups is 1. The molecule has 3 amide bonds. The van der Waals surface area contributed by atoms with Crippen molar-refractivity contribution in [3.8, 4) is 0 Å². The highest BCUT2D eigenvalue weighted by Crippen LogP contribution is 2.22. The first-order valence-corrected chi connectivity index (χ1v) is 10.7. The fraction of sp³-hybridized carbons (Fsp3) is 0.261. The molecule has 0 unspecified atom stereocenters. The van der Waals surface area contributed by atoms with Gasteiger partial charge in [-0.05, 0) is 36.8 Å². The smallest absolute Gasteiger partial charge is 0.261 e. The number of rotatable bonds is 7. The van der Waals surface area contributed by atoms with Crippen molar-refractivity contribution in [3.05, 3.63) is 74.8 Å². The van der Waals surface area contributed by atoms with Gasteiger partial charge in [-0.15, -0.1) is 0 Å². The third kappa shape index (κ3) is 4.13. The monoisotopic (exact) mass is 452 g/mol. The molecule has 3 aromatic rings. The number of halogens is 1. The van der Waals surface area contributed by atoms with Crippen LogP contribution in [0.1, 0.15) is 46.3 Å². The summed E-state index contributed by atoms with van der Waals surface area (Å²) in [6, 6.07) is 11.4. The minimum absolute atomic E-state index is 0.0112. The predicted molar refractivity (Wildman–Crippen MR) is 120 cm³/mol. The molecule has 0 saturated heterocycles. The molecule has 1 aliphatic heterocycles. The van der Waals surface area contributed by atoms with Gasteiger partial charge in [-0.1, -0.05) is 30.7 Å². The van der Waals surface area contributed by atoms with Crippen LogP contribution in [0.2, 0.25) is 5.02 Å². The molecule has 0 fully saturated rings. The van der Waals surface area contributed by atoms with Crippen molar-refractivity contribution in [3.63, 3.8) is 0 Å². The minimum atomic E-state index is -0.391. The Hall–Kier alpha value is -3.52. The van der Waals surface area contributed by atoms with Crippen molar-refractivity contribution in [2.75, 3.05) is 13.1 Å². The molecule has 4 rings (SSSR count). The molecule has 32 heavy (non-hydrogen) atoms. The number of aromatic nitrogens is 2. The van der Waals surface area contributed by atoms with Gasteiger partial charge in [0.15, 0.2) is 0 Å². The van der Waals surface area contributed by atoms with Crippen LogP contribution in [-0.4, -0.2) is 50.6 Å². The second-order valence-electron chi connectivity index (χ2n) is 7.55. The van der Waals surface area contributed by atoms with Crippen molar-refractivity contribution in [2.24, 2.45) is 0 Å². The number of amides is 3. The van der Waals surface area contributed by atoms with Crippen molar-refractivity contribution in [1.82, 2.24) is 19.8 Å². The Balaban J connectivity index is 1.48. The van der Waals surface area contributed by atoms with Crippen molar-refractivity contribution < 1.29 is 14.4 Å². The molecule has 9 heteroatoms. The lowest BCUT2D eigenvalue weighted by Gasteiger charge is -2.23. The quantitative estimate of drug-likeness (QED) is 0.555. The number of fused-ring (bicyclic) bond motifs is 2. The van der Waals surface area contributed by atoms with E-state index < -0.39 is 11.8 Å². The molecule has 2 aromatic carbocycles. The average Bonchev–Trinajstić information content (AvgIpc) is 3.01. The van der Waals surface area contributed by atoms with Crippen LogP contribution >= 0.6 is 11.6 Å². The predicted octanol–water partition coefficient (Wildman–Crippen LogP) is 3.00. The highest BCUT2D eigenvalue weighted by Gasteiger charge is 2.35. The minimum Gasteiger partial charge on any atom is -0.335 e. The van der Waals surface area contributed by atoms with Gasteiger partial charge in [0.25, 0.3) is 17.4 Å². The summed E-state index contributed by atoms with van der Waals surface area (Å²) in [6.07, 6.45) is 0.678. The van der Waals surface area contributed by atoms with Crippen molar-refractivity contribution >= 4 is 40.2 Å². The van der Waals surface area contributed by atoms with E-state index in [0.717, 1.165) is 4.90 Å². The SMILES string of the molecule is CCCN(Cc1nc2cc(Cl)ccc2c(=O)[nH]1)C(=O)CCN1C(=O)c2ccccc2C1=O. The zero-order valence-corrected chi connectivity index (χ0v) is 18.2. The highest BCUT2D eigenvalue weighted by atomic mass is 35.5. The van der Waals surface area contributed by atoms with E-state index in [2.05, 4.69) is 9.97 Å². The maximum absolute atomic E-state index is 12.9. The van der Waals surface area contributed by atoms with Crippen LogP contribution in [-0.2, 0) is 11.3 Å². The standard InChI is InChI=1S/C23H21ClN4O4/c1-2-10-27(13-19-25-18-12-14(24)7-8-17(18)21(30)26-19)20(29)9-11-28-22(31)15-5-3-4-6-16(15)23(28)32/h3-8,12H,2,9-11,13H2,1H3,(H,25,26,30). The molecule has 0 aliphatic carbocycles. The van der Waals surface area contributed by atoms with E-state index in [0.29, 0.717) is 45.8 Å². The summed E-state index contributed by atoms with van der Waals surface area (Å²) >= 11 is 6.01. The van der Waals surface area contributed by atoms with Crippen molar-refractivity contribution in [1.29, 1.82) is 0 Å². The van der Waals surface area contributed by atoms with Gasteiger partial charge in [-0.3, -0.25) is 24.1 Å². The van der Waals surface area contributed by atoms with Gasteiger partial charge in [-0.2, -0.15) is 0 Å². The first-order valence-electron chi connectivity index (χ1n) is 10.3. The van der Waals surface area contributed by atoms with Crippen molar-refractivity contribution in [2.45, 2.75) is 26.3 Å². The van der Waals surface area contributed by atoms with Gasteiger partial charge >= 0.3 is 0 Å². The first-order chi connectivity index (χ1) is 15.4. The second-order valence-corrected chi connectivity index (χ2v) is 7.98. The van der Waals surface area contributed by atoms with E-state index >= 15 is 0 Å². The van der Waals surface area contributed by atoms with Crippen LogP contribution in [0.4, 0.5) is 0 Å². The lowest BCUT2D eigenvalue weighted by atomic mass is 10.1. The van der Waals surface area contributed by atoms with E-state index in [4.69, 9.17) is 11.6 Å². The van der Waals surface area contributed by atoms with E-state index in [1.54, 1.807) is 47.4 Å². The molecule has 1 aliphatic rings. The van der Waals surface area contributed by atoms with Crippen LogP contribution in [0, 0.1) is 0 Å². The van der Waals surface area contributed by atoms with Gasteiger partial charge in [-0.25, -0.2) is 4.98 Å². The van der Waals surface area contributed by atoms with Gasteiger partial charge in [0.05, 0.1) is 28.6 Å². The largest absolute Gasteiger partial charge is 0.335 e. The highest BCUT2D eigenvalue weighted by molar-refractivity contribution is 6.31. The molecule has 1 N–H and O–H groups in total. The number of benzene rings is 2. The third-order valence-corrected chi connectivity index (χ3v) is 5.57. The van der Waals surface area contributed by atoms with E-state index in [1.807, 2.05) is 6.92 Å². The normalized spacial score (nSPS) is 13.0. The molecule has 0 spiro atoms. The summed E-state index contributed by atoms with van der Waals surface area (Å²) in [7, 11) is 0. The van der Waals surface area contributed by atoms with Crippen LogP contribution in [0.5, 0.6) is 0 Å². The van der Waals surface area contributed by atoms with Crippen LogP contribution < -0.4 is 5.56 Å². The number of hydrogen-bond donors (Lipinski definition) is 1. The Bertz CT molecular complexity index is 1250.